The molecule has 3 rings (SSSR count). The summed E-state index contributed by atoms with van der Waals surface area (Å²) in [6.07, 6.45) is 11.5. The third-order valence-corrected chi connectivity index (χ3v) is 5.57. The predicted octanol–water partition coefficient (Wildman–Crippen LogP) is 2.06. The van der Waals surface area contributed by atoms with Crippen molar-refractivity contribution >= 4 is 0 Å². The van der Waals surface area contributed by atoms with E-state index in [1.807, 2.05) is 0 Å². The van der Waals surface area contributed by atoms with Crippen molar-refractivity contribution in [1.82, 2.24) is 9.80 Å². The van der Waals surface area contributed by atoms with Gasteiger partial charge in [0.2, 0.25) is 0 Å². The summed E-state index contributed by atoms with van der Waals surface area (Å²) in [5.74, 6) is 0.875. The second kappa shape index (κ2) is 6.55. The molecule has 3 aliphatic rings. The number of hydrogen-bond donors (Lipinski definition) is 1. The van der Waals surface area contributed by atoms with E-state index in [9.17, 15) is 0 Å². The normalized spacial score (nSPS) is 30.2. The molecule has 19 heavy (non-hydrogen) atoms. The van der Waals surface area contributed by atoms with Gasteiger partial charge in [0.05, 0.1) is 0 Å². The average Bonchev–Trinajstić information content (AvgIpc) is 3.28. The SMILES string of the molecule is NCC(C1CCCCCC1)N1CCN(C2CC2)CC1. The summed E-state index contributed by atoms with van der Waals surface area (Å²) in [5.41, 5.74) is 6.14. The van der Waals surface area contributed by atoms with Crippen LogP contribution >= 0.6 is 0 Å². The van der Waals surface area contributed by atoms with E-state index in [1.54, 1.807) is 0 Å². The van der Waals surface area contributed by atoms with E-state index in [0.717, 1.165) is 18.5 Å². The molecule has 1 atom stereocenters. The summed E-state index contributed by atoms with van der Waals surface area (Å²) in [6, 6.07) is 1.61. The molecule has 0 spiro atoms. The zero-order valence-electron chi connectivity index (χ0n) is 12.4. The van der Waals surface area contributed by atoms with E-state index in [2.05, 4.69) is 9.80 Å². The Hall–Kier alpha value is -0.120. The van der Waals surface area contributed by atoms with E-state index in [-0.39, 0.29) is 0 Å². The Balaban J connectivity index is 1.52. The summed E-state index contributed by atoms with van der Waals surface area (Å²) < 4.78 is 0. The van der Waals surface area contributed by atoms with E-state index in [0.29, 0.717) is 6.04 Å². The van der Waals surface area contributed by atoms with E-state index < -0.39 is 0 Å². The molecule has 1 heterocycles. The van der Waals surface area contributed by atoms with Gasteiger partial charge < -0.3 is 5.73 Å². The number of nitrogens with zero attached hydrogens (tertiary/aromatic N) is 2. The first-order chi connectivity index (χ1) is 9.38. The predicted molar refractivity (Wildman–Crippen MR) is 80.2 cm³/mol. The Bertz CT molecular complexity index is 261. The van der Waals surface area contributed by atoms with Crippen LogP contribution in [-0.4, -0.2) is 54.6 Å². The van der Waals surface area contributed by atoms with Crippen molar-refractivity contribution in [2.75, 3.05) is 32.7 Å². The molecule has 0 radical (unpaired) electrons. The quantitative estimate of drug-likeness (QED) is 0.790. The molecule has 0 aromatic carbocycles. The van der Waals surface area contributed by atoms with Crippen molar-refractivity contribution in [3.63, 3.8) is 0 Å². The first-order valence-corrected chi connectivity index (χ1v) is 8.56. The molecular weight excluding hydrogens is 234 g/mol. The zero-order chi connectivity index (χ0) is 13.1. The Morgan fingerprint density at radius 3 is 2.00 bits per heavy atom. The van der Waals surface area contributed by atoms with Gasteiger partial charge >= 0.3 is 0 Å². The highest BCUT2D eigenvalue weighted by atomic mass is 15.3. The van der Waals surface area contributed by atoms with Crippen LogP contribution in [0, 0.1) is 5.92 Å². The highest BCUT2D eigenvalue weighted by Gasteiger charge is 2.34. The highest BCUT2D eigenvalue weighted by molar-refractivity contribution is 4.90. The third kappa shape index (κ3) is 3.50. The number of nitrogens with two attached hydrogens (primary N) is 1. The van der Waals surface area contributed by atoms with E-state index in [1.165, 1.54) is 77.5 Å². The third-order valence-electron chi connectivity index (χ3n) is 5.57. The van der Waals surface area contributed by atoms with Crippen LogP contribution < -0.4 is 5.73 Å². The van der Waals surface area contributed by atoms with Gasteiger partial charge in [0, 0.05) is 44.8 Å². The molecule has 1 unspecified atom stereocenters. The molecule has 2 N–H and O–H groups in total. The Labute approximate surface area is 118 Å². The van der Waals surface area contributed by atoms with Crippen LogP contribution in [0.3, 0.4) is 0 Å². The number of piperazine rings is 1. The smallest absolute Gasteiger partial charge is 0.0247 e. The molecule has 3 fully saturated rings. The molecule has 3 heteroatoms. The van der Waals surface area contributed by atoms with Gasteiger partial charge in [-0.25, -0.2) is 0 Å². The summed E-state index contributed by atoms with van der Waals surface area (Å²) in [5, 5.41) is 0. The summed E-state index contributed by atoms with van der Waals surface area (Å²) >= 11 is 0. The fourth-order valence-electron chi connectivity index (χ4n) is 4.21. The number of rotatable bonds is 4. The van der Waals surface area contributed by atoms with Gasteiger partial charge in [-0.05, 0) is 31.6 Å². The summed E-state index contributed by atoms with van der Waals surface area (Å²) in [6.45, 7) is 5.96. The Kier molecular flexibility index (Phi) is 4.78. The standard InChI is InChI=1S/C16H31N3/c17-13-16(14-5-3-1-2-4-6-14)19-11-9-18(10-12-19)15-7-8-15/h14-16H,1-13,17H2. The minimum absolute atomic E-state index is 0.666. The lowest BCUT2D eigenvalue weighted by Crippen LogP contribution is -2.55. The summed E-state index contributed by atoms with van der Waals surface area (Å²) in [7, 11) is 0. The topological polar surface area (TPSA) is 32.5 Å². The van der Waals surface area contributed by atoms with Gasteiger partial charge in [-0.2, -0.15) is 0 Å². The van der Waals surface area contributed by atoms with E-state index in [4.69, 9.17) is 5.73 Å². The van der Waals surface area contributed by atoms with Crippen LogP contribution in [0.4, 0.5) is 0 Å². The van der Waals surface area contributed by atoms with Crippen molar-refractivity contribution in [2.45, 2.75) is 63.5 Å². The fourth-order valence-corrected chi connectivity index (χ4v) is 4.21. The molecule has 0 amide bonds. The molecule has 110 valence electrons. The molecule has 0 bridgehead atoms. The largest absolute Gasteiger partial charge is 0.329 e. The Morgan fingerprint density at radius 1 is 0.842 bits per heavy atom. The van der Waals surface area contributed by atoms with Crippen molar-refractivity contribution in [3.8, 4) is 0 Å². The average molecular weight is 265 g/mol. The molecule has 1 aliphatic heterocycles. The maximum atomic E-state index is 6.14. The lowest BCUT2D eigenvalue weighted by molar-refractivity contribution is 0.0649. The minimum atomic E-state index is 0.666. The van der Waals surface area contributed by atoms with Gasteiger partial charge in [-0.15, -0.1) is 0 Å². The van der Waals surface area contributed by atoms with Crippen molar-refractivity contribution in [3.05, 3.63) is 0 Å². The minimum Gasteiger partial charge on any atom is -0.329 e. The van der Waals surface area contributed by atoms with Gasteiger partial charge in [-0.3, -0.25) is 9.80 Å². The lowest BCUT2D eigenvalue weighted by atomic mass is 9.90. The number of hydrogen-bond acceptors (Lipinski definition) is 3. The highest BCUT2D eigenvalue weighted by Crippen LogP contribution is 2.31. The molecular formula is C16H31N3. The van der Waals surface area contributed by atoms with Crippen LogP contribution in [0.15, 0.2) is 0 Å². The first-order valence-electron chi connectivity index (χ1n) is 8.56. The van der Waals surface area contributed by atoms with E-state index >= 15 is 0 Å². The first kappa shape index (κ1) is 13.8. The second-order valence-corrected chi connectivity index (χ2v) is 6.86. The molecule has 1 saturated heterocycles. The summed E-state index contributed by atoms with van der Waals surface area (Å²) in [4.78, 5) is 5.42. The fraction of sp³-hybridized carbons (Fsp3) is 1.00. The maximum Gasteiger partial charge on any atom is 0.0247 e. The maximum absolute atomic E-state index is 6.14. The van der Waals surface area contributed by atoms with Crippen LogP contribution in [0.1, 0.15) is 51.4 Å². The monoisotopic (exact) mass is 265 g/mol. The molecule has 0 aromatic heterocycles. The van der Waals surface area contributed by atoms with Crippen molar-refractivity contribution < 1.29 is 0 Å². The van der Waals surface area contributed by atoms with Crippen LogP contribution in [0.25, 0.3) is 0 Å². The lowest BCUT2D eigenvalue weighted by Gasteiger charge is -2.42. The molecule has 3 nitrogen and oxygen atoms in total. The van der Waals surface area contributed by atoms with Gasteiger partial charge in [0.1, 0.15) is 0 Å². The van der Waals surface area contributed by atoms with Gasteiger partial charge in [-0.1, -0.05) is 25.7 Å². The van der Waals surface area contributed by atoms with Gasteiger partial charge in [0.25, 0.3) is 0 Å². The van der Waals surface area contributed by atoms with Crippen LogP contribution in [0.5, 0.6) is 0 Å². The zero-order valence-corrected chi connectivity index (χ0v) is 12.4. The van der Waals surface area contributed by atoms with Crippen molar-refractivity contribution in [2.24, 2.45) is 11.7 Å². The van der Waals surface area contributed by atoms with Gasteiger partial charge in [0.15, 0.2) is 0 Å². The molecule has 0 aromatic rings. The molecule has 2 aliphatic carbocycles. The Morgan fingerprint density at radius 2 is 1.47 bits per heavy atom. The van der Waals surface area contributed by atoms with Crippen LogP contribution in [-0.2, 0) is 0 Å². The van der Waals surface area contributed by atoms with Crippen LogP contribution in [0.2, 0.25) is 0 Å². The second-order valence-electron chi connectivity index (χ2n) is 6.86. The van der Waals surface area contributed by atoms with Crippen molar-refractivity contribution in [1.29, 1.82) is 0 Å². The molecule has 2 saturated carbocycles.